The number of carboxylic acid groups (broad SMARTS) is 1. The zero-order valence-corrected chi connectivity index (χ0v) is 13.8. The van der Waals surface area contributed by atoms with Gasteiger partial charge in [0.25, 0.3) is 0 Å². The summed E-state index contributed by atoms with van der Waals surface area (Å²) in [7, 11) is 0. The third kappa shape index (κ3) is 3.49. The highest BCUT2D eigenvalue weighted by Crippen LogP contribution is 2.34. The maximum Gasteiger partial charge on any atom is 0.320 e. The van der Waals surface area contributed by atoms with Crippen LogP contribution in [-0.2, 0) is 4.79 Å². The van der Waals surface area contributed by atoms with Gasteiger partial charge in [0.15, 0.2) is 0 Å². The lowest BCUT2D eigenvalue weighted by Crippen LogP contribution is -2.46. The van der Waals surface area contributed by atoms with Crippen LogP contribution in [-0.4, -0.2) is 28.6 Å². The molecule has 0 saturated carbocycles. The molecule has 1 aliphatic rings. The molecule has 1 saturated heterocycles. The lowest BCUT2D eigenvalue weighted by molar-refractivity contribution is -0.145. The number of likely N-dealkylation sites (tertiary alicyclic amines) is 1. The number of piperidine rings is 1. The molecule has 2 aromatic carbocycles. The summed E-state index contributed by atoms with van der Waals surface area (Å²) in [6.45, 7) is 2.75. The van der Waals surface area contributed by atoms with Crippen molar-refractivity contribution in [2.45, 2.75) is 38.3 Å². The molecule has 2 unspecified atom stereocenters. The number of carbonyl (C=O) groups is 1. The first kappa shape index (κ1) is 16.7. The molecule has 3 nitrogen and oxygen atoms in total. The number of aryl methyl sites for hydroxylation is 1. The van der Waals surface area contributed by atoms with E-state index in [0.717, 1.165) is 36.1 Å². The molecule has 0 amide bonds. The maximum absolute atomic E-state index is 13.4. The largest absolute Gasteiger partial charge is 0.480 e. The van der Waals surface area contributed by atoms with E-state index in [-0.39, 0.29) is 11.9 Å². The number of benzene rings is 2. The summed E-state index contributed by atoms with van der Waals surface area (Å²) in [4.78, 5) is 13.8. The Balaban J connectivity index is 2.07. The Morgan fingerprint density at radius 2 is 1.92 bits per heavy atom. The van der Waals surface area contributed by atoms with Crippen molar-refractivity contribution in [1.82, 2.24) is 4.90 Å². The molecule has 1 N–H and O–H groups in total. The molecule has 2 aromatic rings. The minimum atomic E-state index is -0.783. The van der Waals surface area contributed by atoms with Crippen LogP contribution < -0.4 is 0 Å². The van der Waals surface area contributed by atoms with E-state index < -0.39 is 12.0 Å². The Morgan fingerprint density at radius 1 is 1.17 bits per heavy atom. The average Bonchev–Trinajstić information content (AvgIpc) is 2.57. The molecule has 0 bridgehead atoms. The predicted octanol–water partition coefficient (Wildman–Crippen LogP) is 4.16. The van der Waals surface area contributed by atoms with Gasteiger partial charge in [-0.15, -0.1) is 0 Å². The van der Waals surface area contributed by atoms with Gasteiger partial charge < -0.3 is 5.11 Å². The number of aliphatic carboxylic acids is 1. The van der Waals surface area contributed by atoms with E-state index in [1.807, 2.05) is 30.0 Å². The summed E-state index contributed by atoms with van der Waals surface area (Å²) in [5.41, 5.74) is 3.11. The first-order valence-corrected chi connectivity index (χ1v) is 8.37. The van der Waals surface area contributed by atoms with Gasteiger partial charge in [-0.05, 0) is 49.6 Å². The molecule has 0 aromatic heterocycles. The normalized spacial score (nSPS) is 19.8. The third-order valence-electron chi connectivity index (χ3n) is 4.70. The van der Waals surface area contributed by atoms with Crippen molar-refractivity contribution in [3.8, 4) is 0 Å². The highest BCUT2D eigenvalue weighted by Gasteiger charge is 2.35. The van der Waals surface area contributed by atoms with E-state index in [0.29, 0.717) is 6.42 Å². The van der Waals surface area contributed by atoms with Crippen LogP contribution in [0.25, 0.3) is 0 Å². The summed E-state index contributed by atoms with van der Waals surface area (Å²) < 4.78 is 13.4. The van der Waals surface area contributed by atoms with Gasteiger partial charge in [0.1, 0.15) is 11.9 Å². The second kappa shape index (κ2) is 7.14. The number of hydrogen-bond acceptors (Lipinski definition) is 2. The monoisotopic (exact) mass is 327 g/mol. The minimum Gasteiger partial charge on any atom is -0.480 e. The van der Waals surface area contributed by atoms with Crippen LogP contribution in [0, 0.1) is 12.7 Å². The number of hydrogen-bond donors (Lipinski definition) is 1. The van der Waals surface area contributed by atoms with Crippen LogP contribution in [0.15, 0.2) is 48.5 Å². The molecule has 4 heteroatoms. The van der Waals surface area contributed by atoms with Crippen LogP contribution in [0.1, 0.15) is 42.0 Å². The van der Waals surface area contributed by atoms with E-state index in [9.17, 15) is 14.3 Å². The summed E-state index contributed by atoms with van der Waals surface area (Å²) >= 11 is 0. The minimum absolute atomic E-state index is 0.174. The molecular weight excluding hydrogens is 305 g/mol. The molecular formula is C20H22FNO2. The van der Waals surface area contributed by atoms with E-state index in [1.54, 1.807) is 12.1 Å². The average molecular weight is 327 g/mol. The molecule has 2 atom stereocenters. The first-order valence-electron chi connectivity index (χ1n) is 8.37. The van der Waals surface area contributed by atoms with Crippen LogP contribution >= 0.6 is 0 Å². The van der Waals surface area contributed by atoms with Crippen molar-refractivity contribution in [3.63, 3.8) is 0 Å². The Bertz CT molecular complexity index is 714. The number of rotatable bonds is 4. The fourth-order valence-electron chi connectivity index (χ4n) is 3.59. The van der Waals surface area contributed by atoms with Crippen molar-refractivity contribution in [3.05, 3.63) is 71.0 Å². The van der Waals surface area contributed by atoms with Gasteiger partial charge in [0.2, 0.25) is 0 Å². The van der Waals surface area contributed by atoms with Crippen molar-refractivity contribution in [1.29, 1.82) is 0 Å². The smallest absolute Gasteiger partial charge is 0.320 e. The van der Waals surface area contributed by atoms with Crippen molar-refractivity contribution in [2.24, 2.45) is 0 Å². The van der Waals surface area contributed by atoms with E-state index in [2.05, 4.69) is 6.07 Å². The van der Waals surface area contributed by atoms with E-state index in [1.165, 1.54) is 12.1 Å². The lowest BCUT2D eigenvalue weighted by Gasteiger charge is -2.39. The van der Waals surface area contributed by atoms with Gasteiger partial charge in [-0.1, -0.05) is 48.4 Å². The van der Waals surface area contributed by atoms with Crippen LogP contribution in [0.3, 0.4) is 0 Å². The Kier molecular flexibility index (Phi) is 4.95. The van der Waals surface area contributed by atoms with Gasteiger partial charge in [-0.25, -0.2) is 4.39 Å². The zero-order valence-electron chi connectivity index (χ0n) is 13.8. The second-order valence-corrected chi connectivity index (χ2v) is 6.46. The standard InChI is InChI=1S/C20H22FNO2/c1-14-5-4-6-16(13-14)19(15-8-10-17(21)11-9-15)22-12-3-2-7-18(22)20(23)24/h4-6,8-11,13,18-19H,2-3,7,12H2,1H3,(H,23,24). The van der Waals surface area contributed by atoms with Gasteiger partial charge in [0.05, 0.1) is 6.04 Å². The number of carboxylic acids is 1. The number of halogens is 1. The Labute approximate surface area is 141 Å². The zero-order chi connectivity index (χ0) is 17.1. The van der Waals surface area contributed by atoms with Crippen molar-refractivity contribution < 1.29 is 14.3 Å². The predicted molar refractivity (Wildman–Crippen MR) is 91.4 cm³/mol. The van der Waals surface area contributed by atoms with E-state index >= 15 is 0 Å². The van der Waals surface area contributed by atoms with Crippen LogP contribution in [0.4, 0.5) is 4.39 Å². The molecule has 3 rings (SSSR count). The van der Waals surface area contributed by atoms with E-state index in [4.69, 9.17) is 0 Å². The Hall–Kier alpha value is -2.20. The third-order valence-corrected chi connectivity index (χ3v) is 4.70. The quantitative estimate of drug-likeness (QED) is 0.916. The maximum atomic E-state index is 13.4. The molecule has 1 fully saturated rings. The summed E-state index contributed by atoms with van der Waals surface area (Å²) in [6.07, 6.45) is 2.56. The summed E-state index contributed by atoms with van der Waals surface area (Å²) in [6, 6.07) is 13.8. The topological polar surface area (TPSA) is 40.5 Å². The SMILES string of the molecule is Cc1cccc(C(c2ccc(F)cc2)N2CCCCC2C(=O)O)c1. The van der Waals surface area contributed by atoms with Crippen LogP contribution in [0.2, 0.25) is 0 Å². The van der Waals surface area contributed by atoms with Gasteiger partial charge >= 0.3 is 5.97 Å². The molecule has 0 spiro atoms. The number of nitrogens with zero attached hydrogens (tertiary/aromatic N) is 1. The second-order valence-electron chi connectivity index (χ2n) is 6.46. The van der Waals surface area contributed by atoms with Gasteiger partial charge in [0, 0.05) is 0 Å². The summed E-state index contributed by atoms with van der Waals surface area (Å²) in [5, 5.41) is 9.65. The fraction of sp³-hybridized carbons (Fsp3) is 0.350. The fourth-order valence-corrected chi connectivity index (χ4v) is 3.59. The van der Waals surface area contributed by atoms with Crippen LogP contribution in [0.5, 0.6) is 0 Å². The van der Waals surface area contributed by atoms with Gasteiger partial charge in [-0.2, -0.15) is 0 Å². The molecule has 24 heavy (non-hydrogen) atoms. The molecule has 1 aliphatic heterocycles. The molecule has 1 heterocycles. The first-order chi connectivity index (χ1) is 11.6. The van der Waals surface area contributed by atoms with Crippen molar-refractivity contribution in [2.75, 3.05) is 6.54 Å². The molecule has 0 aliphatic carbocycles. The Morgan fingerprint density at radius 3 is 2.58 bits per heavy atom. The van der Waals surface area contributed by atoms with Gasteiger partial charge in [-0.3, -0.25) is 9.69 Å². The molecule has 0 radical (unpaired) electrons. The lowest BCUT2D eigenvalue weighted by atomic mass is 9.91. The highest BCUT2D eigenvalue weighted by molar-refractivity contribution is 5.73. The highest BCUT2D eigenvalue weighted by atomic mass is 19.1. The molecule has 126 valence electrons. The van der Waals surface area contributed by atoms with Crippen molar-refractivity contribution >= 4 is 5.97 Å². The summed E-state index contributed by atoms with van der Waals surface area (Å²) in [5.74, 6) is -1.07.